The van der Waals surface area contributed by atoms with Gasteiger partial charge in [0.05, 0.1) is 6.04 Å². The number of phenolic OH excluding ortho intramolecular Hbond substituents is 1. The lowest BCUT2D eigenvalue weighted by Crippen LogP contribution is -2.68. The molecule has 0 unspecified atom stereocenters. The van der Waals surface area contributed by atoms with Crippen LogP contribution in [-0.2, 0) is 5.41 Å². The fraction of sp³-hybridized carbons (Fsp3) is 0.632. The molecule has 0 aromatic heterocycles. The van der Waals surface area contributed by atoms with Crippen LogP contribution in [0.1, 0.15) is 64.1 Å². The number of benzene rings is 1. The summed E-state index contributed by atoms with van der Waals surface area (Å²) in [6.07, 6.45) is 3.21. The Bertz CT molecular complexity index is 712. The number of rotatable bonds is 1. The summed E-state index contributed by atoms with van der Waals surface area (Å²) in [4.78, 5) is 2.18. The number of thiocarbonyl (C=S) groups is 1. The molecule has 3 atom stereocenters. The van der Waals surface area contributed by atoms with E-state index in [9.17, 15) is 5.11 Å². The van der Waals surface area contributed by atoms with E-state index >= 15 is 0 Å². The van der Waals surface area contributed by atoms with Crippen molar-refractivity contribution in [2.75, 3.05) is 6.54 Å². The molecule has 2 bridgehead atoms. The van der Waals surface area contributed by atoms with Gasteiger partial charge >= 0.3 is 0 Å². The molecular weight excluding hydrogens is 320 g/mol. The third kappa shape index (κ3) is 2.00. The second-order valence-electron chi connectivity index (χ2n) is 8.28. The van der Waals surface area contributed by atoms with Crippen LogP contribution < -0.4 is 10.1 Å². The van der Waals surface area contributed by atoms with Gasteiger partial charge in [-0.25, -0.2) is 0 Å². The first-order valence-electron chi connectivity index (χ1n) is 8.92. The van der Waals surface area contributed by atoms with Gasteiger partial charge in [-0.15, -0.1) is 0 Å². The van der Waals surface area contributed by atoms with Gasteiger partial charge in [0.15, 0.2) is 22.3 Å². The number of hydrogen-bond donors (Lipinski definition) is 2. The van der Waals surface area contributed by atoms with E-state index in [0.29, 0.717) is 11.7 Å². The van der Waals surface area contributed by atoms with Gasteiger partial charge in [0.2, 0.25) is 0 Å². The summed E-state index contributed by atoms with van der Waals surface area (Å²) in [7, 11) is 0. The minimum atomic E-state index is -0.393. The summed E-state index contributed by atoms with van der Waals surface area (Å²) in [6.45, 7) is 9.41. The molecule has 4 rings (SSSR count). The molecular formula is C19H26N2O2S. The highest BCUT2D eigenvalue weighted by Crippen LogP contribution is 2.57. The Morgan fingerprint density at radius 1 is 1.42 bits per heavy atom. The first-order valence-corrected chi connectivity index (χ1v) is 9.33. The SMILES string of the molecule is CCN1C(=S)N[C@H]2c3cc(C(C)(C)C)cc(O)c3O[C@@]13CCC[C@H]23. The molecule has 2 N–H and O–H groups in total. The lowest BCUT2D eigenvalue weighted by molar-refractivity contribution is -0.112. The van der Waals surface area contributed by atoms with Crippen molar-refractivity contribution in [1.29, 1.82) is 0 Å². The highest BCUT2D eigenvalue weighted by molar-refractivity contribution is 7.80. The first kappa shape index (κ1) is 16.0. The van der Waals surface area contributed by atoms with Gasteiger partial charge in [-0.1, -0.05) is 20.8 Å². The first-order chi connectivity index (χ1) is 11.3. The molecule has 1 aromatic carbocycles. The van der Waals surface area contributed by atoms with Crippen LogP contribution in [0.15, 0.2) is 12.1 Å². The second kappa shape index (κ2) is 5.01. The zero-order chi connectivity index (χ0) is 17.3. The normalized spacial score (nSPS) is 31.2. The molecule has 24 heavy (non-hydrogen) atoms. The Morgan fingerprint density at radius 3 is 2.83 bits per heavy atom. The Hall–Kier alpha value is -1.49. The molecule has 130 valence electrons. The minimum Gasteiger partial charge on any atom is -0.504 e. The molecule has 1 saturated heterocycles. The summed E-state index contributed by atoms with van der Waals surface area (Å²) < 4.78 is 6.54. The monoisotopic (exact) mass is 346 g/mol. The topological polar surface area (TPSA) is 44.7 Å². The highest BCUT2D eigenvalue weighted by Gasteiger charge is 2.60. The van der Waals surface area contributed by atoms with E-state index in [1.54, 1.807) is 0 Å². The van der Waals surface area contributed by atoms with Crippen molar-refractivity contribution in [3.05, 3.63) is 23.3 Å². The average molecular weight is 346 g/mol. The average Bonchev–Trinajstić information content (AvgIpc) is 2.92. The van der Waals surface area contributed by atoms with E-state index in [-0.39, 0.29) is 17.2 Å². The van der Waals surface area contributed by atoms with E-state index < -0.39 is 5.72 Å². The van der Waals surface area contributed by atoms with Crippen molar-refractivity contribution in [2.24, 2.45) is 5.92 Å². The highest BCUT2D eigenvalue weighted by atomic mass is 32.1. The Balaban J connectivity index is 1.91. The van der Waals surface area contributed by atoms with Gasteiger partial charge in [0.1, 0.15) is 0 Å². The summed E-state index contributed by atoms with van der Waals surface area (Å²) in [6, 6.07) is 4.17. The third-order valence-corrected chi connectivity index (χ3v) is 6.25. The van der Waals surface area contributed by atoms with E-state index in [4.69, 9.17) is 17.0 Å². The molecule has 0 spiro atoms. The van der Waals surface area contributed by atoms with Crippen LogP contribution in [0.25, 0.3) is 0 Å². The van der Waals surface area contributed by atoms with Crippen LogP contribution in [0.5, 0.6) is 11.5 Å². The number of ether oxygens (including phenoxy) is 1. The Labute approximate surface area is 149 Å². The van der Waals surface area contributed by atoms with Gasteiger partial charge in [0.25, 0.3) is 0 Å². The summed E-state index contributed by atoms with van der Waals surface area (Å²) in [5.41, 5.74) is 1.76. The molecule has 2 fully saturated rings. The predicted molar refractivity (Wildman–Crippen MR) is 98.4 cm³/mol. The van der Waals surface area contributed by atoms with Gasteiger partial charge < -0.3 is 20.1 Å². The molecule has 0 amide bonds. The molecule has 1 aliphatic carbocycles. The Morgan fingerprint density at radius 2 is 2.17 bits per heavy atom. The molecule has 0 radical (unpaired) electrons. The smallest absolute Gasteiger partial charge is 0.190 e. The van der Waals surface area contributed by atoms with E-state index in [0.717, 1.165) is 42.0 Å². The molecule has 1 saturated carbocycles. The van der Waals surface area contributed by atoms with Gasteiger partial charge in [-0.05, 0) is 55.1 Å². The second-order valence-corrected chi connectivity index (χ2v) is 8.67. The van der Waals surface area contributed by atoms with Crippen molar-refractivity contribution in [3.8, 4) is 11.5 Å². The fourth-order valence-electron chi connectivity index (χ4n) is 4.71. The maximum Gasteiger partial charge on any atom is 0.190 e. The van der Waals surface area contributed by atoms with Crippen LogP contribution in [0.2, 0.25) is 0 Å². The summed E-state index contributed by atoms with van der Waals surface area (Å²) in [5, 5.41) is 15.0. The fourth-order valence-corrected chi connectivity index (χ4v) is 5.12. The number of nitrogens with one attached hydrogen (secondary N) is 1. The lowest BCUT2D eigenvalue weighted by Gasteiger charge is -2.56. The zero-order valence-electron chi connectivity index (χ0n) is 14.8. The minimum absolute atomic E-state index is 0.0264. The van der Waals surface area contributed by atoms with Crippen molar-refractivity contribution in [3.63, 3.8) is 0 Å². The maximum atomic E-state index is 10.7. The summed E-state index contributed by atoms with van der Waals surface area (Å²) >= 11 is 5.64. The van der Waals surface area contributed by atoms with E-state index in [1.165, 1.54) is 0 Å². The molecule has 5 heteroatoms. The van der Waals surface area contributed by atoms with Crippen LogP contribution in [0.4, 0.5) is 0 Å². The predicted octanol–water partition coefficient (Wildman–Crippen LogP) is 3.83. The number of nitrogens with zero attached hydrogens (tertiary/aromatic N) is 1. The van der Waals surface area contributed by atoms with Crippen LogP contribution in [-0.4, -0.2) is 27.4 Å². The number of phenols is 1. The molecule has 1 aromatic rings. The number of fused-ring (bicyclic) bond motifs is 2. The van der Waals surface area contributed by atoms with E-state index in [2.05, 4.69) is 44.0 Å². The van der Waals surface area contributed by atoms with Crippen LogP contribution >= 0.6 is 12.2 Å². The van der Waals surface area contributed by atoms with Crippen molar-refractivity contribution in [2.45, 2.75) is 64.1 Å². The molecule has 2 aliphatic heterocycles. The third-order valence-electron chi connectivity index (χ3n) is 5.91. The van der Waals surface area contributed by atoms with Gasteiger partial charge in [0, 0.05) is 24.4 Å². The standard InChI is InChI=1S/C19H26N2O2S/c1-5-21-17(24)20-15-12-9-11(18(2,3)4)10-14(22)16(12)23-19(21)8-6-7-13(15)19/h9-10,13,15,22H,5-8H2,1-4H3,(H,20,24)/t13-,15+,19-/m1/s1. The van der Waals surface area contributed by atoms with Gasteiger partial charge in [-0.2, -0.15) is 0 Å². The summed E-state index contributed by atoms with van der Waals surface area (Å²) in [5.74, 6) is 1.25. The number of aromatic hydroxyl groups is 1. The lowest BCUT2D eigenvalue weighted by atomic mass is 9.78. The van der Waals surface area contributed by atoms with Crippen LogP contribution in [0.3, 0.4) is 0 Å². The molecule has 2 heterocycles. The largest absolute Gasteiger partial charge is 0.504 e. The van der Waals surface area contributed by atoms with Gasteiger partial charge in [-0.3, -0.25) is 0 Å². The Kier molecular flexibility index (Phi) is 3.34. The molecule has 3 aliphatic rings. The zero-order valence-corrected chi connectivity index (χ0v) is 15.7. The van der Waals surface area contributed by atoms with Crippen LogP contribution in [0, 0.1) is 5.92 Å². The maximum absolute atomic E-state index is 10.7. The quantitative estimate of drug-likeness (QED) is 0.757. The van der Waals surface area contributed by atoms with E-state index in [1.807, 2.05) is 6.07 Å². The van der Waals surface area contributed by atoms with Crippen molar-refractivity contribution >= 4 is 17.3 Å². The molecule has 4 nitrogen and oxygen atoms in total. The van der Waals surface area contributed by atoms with Crippen molar-refractivity contribution in [1.82, 2.24) is 10.2 Å². The van der Waals surface area contributed by atoms with Crippen molar-refractivity contribution < 1.29 is 9.84 Å². The number of hydrogen-bond acceptors (Lipinski definition) is 3.